The monoisotopic (exact) mass is 187 g/mol. The minimum Gasteiger partial charge on any atom is -0.344 e. The number of nitrogens with zero attached hydrogens (tertiary/aromatic N) is 1. The lowest BCUT2D eigenvalue weighted by Gasteiger charge is -2.17. The summed E-state index contributed by atoms with van der Waals surface area (Å²) in [4.78, 5) is 0. The molecular formula is C6H17Cl2N2+. The highest BCUT2D eigenvalue weighted by molar-refractivity contribution is 6.17. The largest absolute Gasteiger partial charge is 0.344 e. The first-order valence-electron chi connectivity index (χ1n) is 3.15. The van der Waals surface area contributed by atoms with Gasteiger partial charge in [0.15, 0.2) is 11.8 Å². The zero-order valence-electron chi connectivity index (χ0n) is 6.74. The molecule has 0 radical (unpaired) electrons. The predicted octanol–water partition coefficient (Wildman–Crippen LogP) is 2.40. The molecule has 3 N–H and O–H groups in total. The fourth-order valence-electron chi connectivity index (χ4n) is 0.582. The van der Waals surface area contributed by atoms with Gasteiger partial charge < -0.3 is 6.15 Å². The average molecular weight is 188 g/mol. The van der Waals surface area contributed by atoms with Crippen LogP contribution >= 0.6 is 23.4 Å². The van der Waals surface area contributed by atoms with Gasteiger partial charge in [-0.2, -0.15) is 0 Å². The molecule has 4 heteroatoms. The molecule has 10 heavy (non-hydrogen) atoms. The van der Waals surface area contributed by atoms with Crippen molar-refractivity contribution in [3.63, 3.8) is 0 Å². The van der Waals surface area contributed by atoms with E-state index in [4.69, 9.17) is 23.4 Å². The molecule has 0 atom stereocenters. The summed E-state index contributed by atoms with van der Waals surface area (Å²) < 4.78 is 0.525. The summed E-state index contributed by atoms with van der Waals surface area (Å²) >= 11 is 11.3. The van der Waals surface area contributed by atoms with Gasteiger partial charge in [-0.25, -0.2) is 4.00 Å². The van der Waals surface area contributed by atoms with Crippen molar-refractivity contribution in [3.05, 3.63) is 0 Å². The second-order valence-electron chi connectivity index (χ2n) is 2.66. The van der Waals surface area contributed by atoms with E-state index in [9.17, 15) is 0 Å². The molecular weight excluding hydrogens is 171 g/mol. The molecule has 2 nitrogen and oxygen atoms in total. The third-order valence-corrected chi connectivity index (χ3v) is 1.51. The number of quaternary nitrogens is 1. The summed E-state index contributed by atoms with van der Waals surface area (Å²) in [5.74, 6) is 0.747. The zero-order valence-corrected chi connectivity index (χ0v) is 8.25. The van der Waals surface area contributed by atoms with E-state index < -0.39 is 0 Å². The topological polar surface area (TPSA) is 35.0 Å². The minimum atomic E-state index is 0. The number of hydrogen-bond donors (Lipinski definition) is 1. The van der Waals surface area contributed by atoms with Crippen LogP contribution in [0.4, 0.5) is 0 Å². The Morgan fingerprint density at radius 1 is 1.20 bits per heavy atom. The van der Waals surface area contributed by atoms with Crippen LogP contribution in [0, 0.1) is 0 Å². The van der Waals surface area contributed by atoms with Gasteiger partial charge in [0.1, 0.15) is 0 Å². The standard InChI is InChI=1S/C6H14Cl2N.H3N/c1-9(2,8)6-4-3-5-7;/h3-6H2,1-2H3;1H3/q+1;. The molecule has 0 aliphatic carbocycles. The first kappa shape index (κ1) is 13.1. The smallest absolute Gasteiger partial charge is 0.164 e. The van der Waals surface area contributed by atoms with Crippen LogP contribution in [0.2, 0.25) is 0 Å². The summed E-state index contributed by atoms with van der Waals surface area (Å²) in [6.07, 6.45) is 2.18. The predicted molar refractivity (Wildman–Crippen MR) is 47.8 cm³/mol. The van der Waals surface area contributed by atoms with Gasteiger partial charge in [-0.1, -0.05) is 0 Å². The van der Waals surface area contributed by atoms with Crippen molar-refractivity contribution in [2.45, 2.75) is 12.8 Å². The van der Waals surface area contributed by atoms with Crippen LogP contribution in [0.25, 0.3) is 0 Å². The van der Waals surface area contributed by atoms with Gasteiger partial charge in [0, 0.05) is 5.88 Å². The Bertz CT molecular complexity index is 70.6. The Morgan fingerprint density at radius 2 is 1.70 bits per heavy atom. The van der Waals surface area contributed by atoms with E-state index in [1.54, 1.807) is 0 Å². The van der Waals surface area contributed by atoms with E-state index in [2.05, 4.69) is 0 Å². The van der Waals surface area contributed by atoms with Gasteiger partial charge in [-0.05, 0) is 12.8 Å². The first-order chi connectivity index (χ1) is 4.06. The van der Waals surface area contributed by atoms with Gasteiger partial charge in [0.05, 0.1) is 20.6 Å². The fraction of sp³-hybridized carbons (Fsp3) is 1.00. The van der Waals surface area contributed by atoms with Crippen LogP contribution in [0.5, 0.6) is 0 Å². The summed E-state index contributed by atoms with van der Waals surface area (Å²) in [5.41, 5.74) is 0. The van der Waals surface area contributed by atoms with E-state index in [1.165, 1.54) is 0 Å². The van der Waals surface area contributed by atoms with E-state index in [0.29, 0.717) is 4.00 Å². The molecule has 0 amide bonds. The Labute approximate surface area is 73.4 Å². The Hall–Kier alpha value is 0.500. The highest BCUT2D eigenvalue weighted by Crippen LogP contribution is 2.05. The third kappa shape index (κ3) is 11.3. The molecule has 0 rings (SSSR count). The molecule has 0 aromatic rings. The van der Waals surface area contributed by atoms with E-state index in [-0.39, 0.29) is 6.15 Å². The number of halogens is 2. The van der Waals surface area contributed by atoms with Crippen molar-refractivity contribution >= 4 is 23.4 Å². The summed E-state index contributed by atoms with van der Waals surface area (Å²) in [7, 11) is 3.94. The van der Waals surface area contributed by atoms with Crippen LogP contribution in [0.1, 0.15) is 12.8 Å². The number of unbranched alkanes of at least 4 members (excludes halogenated alkanes) is 1. The number of alkyl halides is 1. The summed E-state index contributed by atoms with van der Waals surface area (Å²) in [6.45, 7) is 0.994. The quantitative estimate of drug-likeness (QED) is 0.410. The zero-order chi connectivity index (χ0) is 7.33. The van der Waals surface area contributed by atoms with E-state index >= 15 is 0 Å². The summed E-state index contributed by atoms with van der Waals surface area (Å²) in [6, 6.07) is 0. The highest BCUT2D eigenvalue weighted by Gasteiger charge is 2.08. The third-order valence-electron chi connectivity index (χ3n) is 1.07. The van der Waals surface area contributed by atoms with Crippen LogP contribution in [0.15, 0.2) is 0 Å². The lowest BCUT2D eigenvalue weighted by Crippen LogP contribution is -2.28. The molecule has 0 aromatic carbocycles. The molecule has 64 valence electrons. The van der Waals surface area contributed by atoms with E-state index in [1.807, 2.05) is 14.1 Å². The Kier molecular flexibility index (Phi) is 8.17. The molecule has 0 unspecified atom stereocenters. The molecule has 0 saturated heterocycles. The van der Waals surface area contributed by atoms with Crippen molar-refractivity contribution in [2.24, 2.45) is 0 Å². The van der Waals surface area contributed by atoms with Crippen molar-refractivity contribution < 1.29 is 4.00 Å². The lowest BCUT2D eigenvalue weighted by atomic mass is 10.3. The lowest BCUT2D eigenvalue weighted by molar-refractivity contribution is -0.771. The SMILES string of the molecule is C[N+](C)(Cl)CCCCCl.N. The van der Waals surface area contributed by atoms with Gasteiger partial charge in [-0.15, -0.1) is 11.6 Å². The van der Waals surface area contributed by atoms with Crippen molar-refractivity contribution in [2.75, 3.05) is 26.5 Å². The second kappa shape index (κ2) is 6.23. The highest BCUT2D eigenvalue weighted by atomic mass is 35.5. The van der Waals surface area contributed by atoms with Crippen molar-refractivity contribution in [1.82, 2.24) is 6.15 Å². The number of hydrogen-bond acceptors (Lipinski definition) is 1. The molecule has 0 fully saturated rings. The average Bonchev–Trinajstić information content (AvgIpc) is 1.63. The minimum absolute atomic E-state index is 0. The van der Waals surface area contributed by atoms with E-state index in [0.717, 1.165) is 25.3 Å². The maximum absolute atomic E-state index is 5.86. The molecule has 0 bridgehead atoms. The van der Waals surface area contributed by atoms with Crippen LogP contribution in [-0.4, -0.2) is 30.5 Å². The molecule has 0 heterocycles. The van der Waals surface area contributed by atoms with Gasteiger partial charge >= 0.3 is 0 Å². The Morgan fingerprint density at radius 3 is 2.00 bits per heavy atom. The Balaban J connectivity index is 0. The van der Waals surface area contributed by atoms with Gasteiger partial charge in [0.25, 0.3) is 0 Å². The first-order valence-corrected chi connectivity index (χ1v) is 4.02. The van der Waals surface area contributed by atoms with Crippen molar-refractivity contribution in [3.8, 4) is 0 Å². The summed E-state index contributed by atoms with van der Waals surface area (Å²) in [5, 5.41) is 0. The molecule has 0 saturated carbocycles. The normalized spacial score (nSPS) is 10.8. The van der Waals surface area contributed by atoms with Gasteiger partial charge in [-0.3, -0.25) is 0 Å². The number of rotatable bonds is 4. The second-order valence-corrected chi connectivity index (χ2v) is 3.95. The van der Waals surface area contributed by atoms with Crippen molar-refractivity contribution in [1.29, 1.82) is 0 Å². The molecule has 0 aromatic heterocycles. The van der Waals surface area contributed by atoms with Crippen LogP contribution in [0.3, 0.4) is 0 Å². The fourth-order valence-corrected chi connectivity index (χ4v) is 0.891. The van der Waals surface area contributed by atoms with Crippen LogP contribution in [-0.2, 0) is 0 Å². The van der Waals surface area contributed by atoms with Crippen LogP contribution < -0.4 is 6.15 Å². The maximum Gasteiger partial charge on any atom is 0.164 e. The molecule has 0 spiro atoms. The molecule has 0 aliphatic heterocycles. The maximum atomic E-state index is 5.86. The molecule has 0 aliphatic rings. The van der Waals surface area contributed by atoms with Gasteiger partial charge in [0.2, 0.25) is 0 Å².